The Hall–Kier alpha value is -2.15. The van der Waals surface area contributed by atoms with Crippen LogP contribution in [0, 0.1) is 19.8 Å². The lowest BCUT2D eigenvalue weighted by Crippen LogP contribution is -2.36. The van der Waals surface area contributed by atoms with Crippen molar-refractivity contribution in [2.45, 2.75) is 33.6 Å². The SMILES string of the molecule is CCN(CC1CCOC1)C(=O)Cc1c(C)nc2c(c1C)c(=O)[nH]n2C. The molecule has 0 radical (unpaired) electrons. The van der Waals surface area contributed by atoms with Crippen molar-refractivity contribution < 1.29 is 9.53 Å². The maximum atomic E-state index is 12.8. The average molecular weight is 346 g/mol. The predicted octanol–water partition coefficient (Wildman–Crippen LogP) is 1.31. The van der Waals surface area contributed by atoms with Gasteiger partial charge in [0.1, 0.15) is 0 Å². The highest BCUT2D eigenvalue weighted by molar-refractivity contribution is 5.84. The van der Waals surface area contributed by atoms with Crippen LogP contribution in [-0.2, 0) is 23.0 Å². The van der Waals surface area contributed by atoms with Gasteiger partial charge in [-0.1, -0.05) is 0 Å². The van der Waals surface area contributed by atoms with Gasteiger partial charge in [-0.05, 0) is 38.3 Å². The number of likely N-dealkylation sites (N-methyl/N-ethyl adjacent to an activating group) is 1. The van der Waals surface area contributed by atoms with E-state index in [4.69, 9.17) is 4.74 Å². The number of pyridine rings is 1. The standard InChI is InChI=1S/C18H26N4O3/c1-5-22(9-13-6-7-25-10-13)15(23)8-14-11(2)16-17(19-12(14)3)21(4)20-18(16)24/h13H,5-10H2,1-4H3,(H,20,24). The molecule has 136 valence electrons. The molecular formula is C18H26N4O3. The van der Waals surface area contributed by atoms with E-state index in [-0.39, 0.29) is 17.9 Å². The quantitative estimate of drug-likeness (QED) is 0.885. The van der Waals surface area contributed by atoms with E-state index < -0.39 is 0 Å². The Morgan fingerprint density at radius 1 is 1.44 bits per heavy atom. The second-order valence-corrected chi connectivity index (χ2v) is 6.84. The normalized spacial score (nSPS) is 17.4. The Morgan fingerprint density at radius 3 is 2.84 bits per heavy atom. The summed E-state index contributed by atoms with van der Waals surface area (Å²) in [5, 5.41) is 3.31. The first-order valence-electron chi connectivity index (χ1n) is 8.82. The molecule has 1 N–H and O–H groups in total. The molecule has 1 amide bonds. The van der Waals surface area contributed by atoms with Crippen molar-refractivity contribution >= 4 is 16.9 Å². The van der Waals surface area contributed by atoms with Gasteiger partial charge in [-0.2, -0.15) is 0 Å². The smallest absolute Gasteiger partial charge is 0.273 e. The largest absolute Gasteiger partial charge is 0.381 e. The number of hydrogen-bond acceptors (Lipinski definition) is 4. The molecule has 3 heterocycles. The maximum Gasteiger partial charge on any atom is 0.273 e. The lowest BCUT2D eigenvalue weighted by atomic mass is 10.0. The van der Waals surface area contributed by atoms with Gasteiger partial charge in [-0.25, -0.2) is 4.98 Å². The monoisotopic (exact) mass is 346 g/mol. The summed E-state index contributed by atoms with van der Waals surface area (Å²) in [5.41, 5.74) is 2.97. The van der Waals surface area contributed by atoms with E-state index in [1.807, 2.05) is 25.7 Å². The molecule has 2 aromatic heterocycles. The van der Waals surface area contributed by atoms with Gasteiger partial charge in [0.25, 0.3) is 5.56 Å². The highest BCUT2D eigenvalue weighted by Crippen LogP contribution is 2.21. The zero-order valence-corrected chi connectivity index (χ0v) is 15.4. The number of nitrogens with zero attached hydrogens (tertiary/aromatic N) is 3. The molecule has 0 spiro atoms. The highest BCUT2D eigenvalue weighted by Gasteiger charge is 2.23. The van der Waals surface area contributed by atoms with Crippen LogP contribution in [0.2, 0.25) is 0 Å². The summed E-state index contributed by atoms with van der Waals surface area (Å²) < 4.78 is 7.04. The first-order valence-corrected chi connectivity index (χ1v) is 8.82. The summed E-state index contributed by atoms with van der Waals surface area (Å²) in [5.74, 6) is 0.498. The van der Waals surface area contributed by atoms with Crippen molar-refractivity contribution in [3.05, 3.63) is 27.2 Å². The third-order valence-corrected chi connectivity index (χ3v) is 5.14. The molecular weight excluding hydrogens is 320 g/mol. The van der Waals surface area contributed by atoms with Crippen LogP contribution in [0.25, 0.3) is 11.0 Å². The molecule has 0 aromatic carbocycles. The van der Waals surface area contributed by atoms with Crippen LogP contribution in [0.1, 0.15) is 30.2 Å². The number of amides is 1. The molecule has 2 aromatic rings. The number of aromatic nitrogens is 3. The van der Waals surface area contributed by atoms with Crippen LogP contribution in [0.3, 0.4) is 0 Å². The Bertz CT molecular complexity index is 846. The summed E-state index contributed by atoms with van der Waals surface area (Å²) in [4.78, 5) is 31.4. The molecule has 0 aliphatic carbocycles. The molecule has 1 aliphatic heterocycles. The van der Waals surface area contributed by atoms with Crippen molar-refractivity contribution in [2.75, 3.05) is 26.3 Å². The maximum absolute atomic E-state index is 12.8. The van der Waals surface area contributed by atoms with Gasteiger partial charge in [0.15, 0.2) is 5.65 Å². The minimum absolute atomic E-state index is 0.0779. The van der Waals surface area contributed by atoms with Crippen LogP contribution >= 0.6 is 0 Å². The van der Waals surface area contributed by atoms with Gasteiger partial charge in [-0.15, -0.1) is 0 Å². The molecule has 0 saturated carbocycles. The van der Waals surface area contributed by atoms with Gasteiger partial charge >= 0.3 is 0 Å². The Morgan fingerprint density at radius 2 is 2.20 bits per heavy atom. The fraction of sp³-hybridized carbons (Fsp3) is 0.611. The first-order chi connectivity index (χ1) is 11.9. The minimum atomic E-state index is -0.161. The van der Waals surface area contributed by atoms with Gasteiger partial charge in [0.2, 0.25) is 5.91 Å². The van der Waals surface area contributed by atoms with Gasteiger partial charge < -0.3 is 9.64 Å². The van der Waals surface area contributed by atoms with Crippen molar-refractivity contribution in [1.82, 2.24) is 19.7 Å². The summed E-state index contributed by atoms with van der Waals surface area (Å²) in [6.07, 6.45) is 1.28. The van der Waals surface area contributed by atoms with E-state index in [1.54, 1.807) is 11.7 Å². The molecule has 7 nitrogen and oxygen atoms in total. The summed E-state index contributed by atoms with van der Waals surface area (Å²) in [6.45, 7) is 8.71. The number of fused-ring (bicyclic) bond motifs is 1. The number of hydrogen-bond donors (Lipinski definition) is 1. The van der Waals surface area contributed by atoms with E-state index in [2.05, 4.69) is 10.1 Å². The number of aryl methyl sites for hydroxylation is 3. The molecule has 1 fully saturated rings. The Labute approximate surface area is 147 Å². The van der Waals surface area contributed by atoms with Crippen LogP contribution < -0.4 is 5.56 Å². The van der Waals surface area contributed by atoms with Crippen molar-refractivity contribution in [1.29, 1.82) is 0 Å². The van der Waals surface area contributed by atoms with Gasteiger partial charge in [0.05, 0.1) is 18.4 Å². The van der Waals surface area contributed by atoms with Crippen LogP contribution in [0.5, 0.6) is 0 Å². The van der Waals surface area contributed by atoms with Crippen molar-refractivity contribution in [3.63, 3.8) is 0 Å². The molecule has 7 heteroatoms. The highest BCUT2D eigenvalue weighted by atomic mass is 16.5. The minimum Gasteiger partial charge on any atom is -0.381 e. The number of ether oxygens (including phenoxy) is 1. The Kier molecular flexibility index (Phi) is 4.94. The number of rotatable bonds is 5. The fourth-order valence-corrected chi connectivity index (χ4v) is 3.62. The van der Waals surface area contributed by atoms with E-state index in [0.717, 1.165) is 43.0 Å². The zero-order valence-electron chi connectivity index (χ0n) is 15.4. The summed E-state index contributed by atoms with van der Waals surface area (Å²) >= 11 is 0. The summed E-state index contributed by atoms with van der Waals surface area (Å²) in [7, 11) is 1.77. The molecule has 3 rings (SSSR count). The van der Waals surface area contributed by atoms with Crippen LogP contribution in [0.15, 0.2) is 4.79 Å². The van der Waals surface area contributed by atoms with Crippen LogP contribution in [-0.4, -0.2) is 51.9 Å². The third kappa shape index (κ3) is 3.33. The topological polar surface area (TPSA) is 80.2 Å². The second kappa shape index (κ2) is 7.00. The van der Waals surface area contributed by atoms with Crippen molar-refractivity contribution in [2.24, 2.45) is 13.0 Å². The fourth-order valence-electron chi connectivity index (χ4n) is 3.62. The molecule has 25 heavy (non-hydrogen) atoms. The lowest BCUT2D eigenvalue weighted by Gasteiger charge is -2.24. The molecule has 1 atom stereocenters. The second-order valence-electron chi connectivity index (χ2n) is 6.84. The lowest BCUT2D eigenvalue weighted by molar-refractivity contribution is -0.130. The number of nitrogens with one attached hydrogen (secondary N) is 1. The van der Waals surface area contributed by atoms with E-state index in [0.29, 0.717) is 23.5 Å². The average Bonchev–Trinajstić information content (AvgIpc) is 3.17. The van der Waals surface area contributed by atoms with E-state index in [9.17, 15) is 9.59 Å². The van der Waals surface area contributed by atoms with E-state index in [1.165, 1.54) is 0 Å². The van der Waals surface area contributed by atoms with Gasteiger partial charge in [-0.3, -0.25) is 19.4 Å². The van der Waals surface area contributed by atoms with Crippen LogP contribution in [0.4, 0.5) is 0 Å². The third-order valence-electron chi connectivity index (χ3n) is 5.14. The molecule has 1 saturated heterocycles. The number of H-pyrrole nitrogens is 1. The molecule has 0 bridgehead atoms. The van der Waals surface area contributed by atoms with Crippen molar-refractivity contribution in [3.8, 4) is 0 Å². The van der Waals surface area contributed by atoms with Gasteiger partial charge in [0, 0.05) is 38.4 Å². The molecule has 1 aliphatic rings. The summed E-state index contributed by atoms with van der Waals surface area (Å²) in [6, 6.07) is 0. The predicted molar refractivity (Wildman–Crippen MR) is 95.7 cm³/mol. The number of aromatic amines is 1. The molecule has 1 unspecified atom stereocenters. The zero-order chi connectivity index (χ0) is 18.1. The van der Waals surface area contributed by atoms with E-state index >= 15 is 0 Å². The number of carbonyl (C=O) groups is 1. The Balaban J connectivity index is 1.87. The first kappa shape index (κ1) is 17.7. The number of carbonyl (C=O) groups excluding carboxylic acids is 1.